The summed E-state index contributed by atoms with van der Waals surface area (Å²) < 4.78 is 3.27. The molecule has 2 aromatic heterocycles. The third-order valence-electron chi connectivity index (χ3n) is 2.83. The van der Waals surface area contributed by atoms with Crippen LogP contribution in [0.4, 0.5) is 0 Å². The average Bonchev–Trinajstić information content (AvgIpc) is 2.68. The third kappa shape index (κ3) is 2.12. The van der Waals surface area contributed by atoms with Crippen LogP contribution in [0.15, 0.2) is 34.9 Å². The highest BCUT2D eigenvalue weighted by molar-refractivity contribution is 9.10. The molecule has 0 atom stereocenters. The number of H-pyrrole nitrogens is 1. The van der Waals surface area contributed by atoms with E-state index in [2.05, 4.69) is 25.9 Å². The van der Waals surface area contributed by atoms with E-state index in [1.807, 2.05) is 42.0 Å². The minimum atomic E-state index is 0.594. The number of aromatic amines is 1. The molecule has 0 amide bonds. The molecule has 0 unspecified atom stereocenters. The number of pyridine rings is 1. The molecular weight excluding hydrogens is 346 g/mol. The van der Waals surface area contributed by atoms with Crippen molar-refractivity contribution in [2.24, 2.45) is 0 Å². The van der Waals surface area contributed by atoms with Crippen LogP contribution in [0.25, 0.3) is 16.9 Å². The van der Waals surface area contributed by atoms with Crippen molar-refractivity contribution >= 4 is 50.9 Å². The molecule has 3 aromatic rings. The van der Waals surface area contributed by atoms with Crippen molar-refractivity contribution in [2.75, 3.05) is 0 Å². The van der Waals surface area contributed by atoms with Crippen LogP contribution in [0.3, 0.4) is 0 Å². The van der Waals surface area contributed by atoms with E-state index >= 15 is 0 Å². The predicted molar refractivity (Wildman–Crippen MR) is 83.7 cm³/mol. The van der Waals surface area contributed by atoms with Gasteiger partial charge in [0.1, 0.15) is 0 Å². The quantitative estimate of drug-likeness (QED) is 0.636. The van der Waals surface area contributed by atoms with Crippen molar-refractivity contribution in [2.45, 2.75) is 6.92 Å². The van der Waals surface area contributed by atoms with Gasteiger partial charge in [0.15, 0.2) is 10.4 Å². The van der Waals surface area contributed by atoms with E-state index in [4.69, 9.17) is 23.8 Å². The molecule has 6 heteroatoms. The lowest BCUT2D eigenvalue weighted by molar-refractivity contribution is 1.04. The molecule has 0 saturated heterocycles. The van der Waals surface area contributed by atoms with Crippen molar-refractivity contribution in [3.8, 4) is 5.69 Å². The van der Waals surface area contributed by atoms with Crippen molar-refractivity contribution in [1.29, 1.82) is 0 Å². The minimum absolute atomic E-state index is 0.594. The fourth-order valence-electron chi connectivity index (χ4n) is 1.99. The normalized spacial score (nSPS) is 11.1. The number of rotatable bonds is 1. The van der Waals surface area contributed by atoms with Gasteiger partial charge in [-0.25, -0.2) is 4.98 Å². The van der Waals surface area contributed by atoms with Crippen LogP contribution in [0, 0.1) is 11.7 Å². The van der Waals surface area contributed by atoms with Crippen LogP contribution in [-0.2, 0) is 0 Å². The van der Waals surface area contributed by atoms with E-state index in [0.29, 0.717) is 9.79 Å². The van der Waals surface area contributed by atoms with Gasteiger partial charge in [-0.15, -0.1) is 0 Å². The molecule has 19 heavy (non-hydrogen) atoms. The second kappa shape index (κ2) is 4.74. The number of hydrogen-bond donors (Lipinski definition) is 1. The van der Waals surface area contributed by atoms with Gasteiger partial charge in [-0.1, -0.05) is 17.7 Å². The number of fused-ring (bicyclic) bond motifs is 1. The van der Waals surface area contributed by atoms with Crippen LogP contribution in [0.5, 0.6) is 0 Å². The molecule has 1 N–H and O–H groups in total. The van der Waals surface area contributed by atoms with E-state index < -0.39 is 0 Å². The molecule has 0 aliphatic carbocycles. The Morgan fingerprint density at radius 3 is 3.00 bits per heavy atom. The number of hydrogen-bond acceptors (Lipinski definition) is 2. The lowest BCUT2D eigenvalue weighted by atomic mass is 10.3. The molecular formula is C13H9BrClN3S. The smallest absolute Gasteiger partial charge is 0.184 e. The van der Waals surface area contributed by atoms with E-state index in [-0.39, 0.29) is 0 Å². The fraction of sp³-hybridized carbons (Fsp3) is 0.0769. The Kier molecular flexibility index (Phi) is 3.20. The Labute approximate surface area is 128 Å². The number of nitrogens with one attached hydrogen (secondary N) is 1. The van der Waals surface area contributed by atoms with Crippen LogP contribution in [-0.4, -0.2) is 14.5 Å². The molecule has 1 aromatic carbocycles. The maximum Gasteiger partial charge on any atom is 0.184 e. The Hall–Kier alpha value is -1.17. The summed E-state index contributed by atoms with van der Waals surface area (Å²) in [5, 5.41) is 0.640. The topological polar surface area (TPSA) is 33.6 Å². The third-order valence-corrected chi connectivity index (χ3v) is 4.49. The van der Waals surface area contributed by atoms with Gasteiger partial charge < -0.3 is 4.98 Å². The first kappa shape index (κ1) is 12.8. The van der Waals surface area contributed by atoms with E-state index in [1.165, 1.54) is 0 Å². The standard InChI is InChI=1S/C13H9BrClN3S/c1-7-5-9-12(16-6-7)18(13(19)17-9)10-4-2-3-8(15)11(10)14/h2-6H,1H3,(H,17,19). The van der Waals surface area contributed by atoms with Crippen LogP contribution >= 0.6 is 39.7 Å². The van der Waals surface area contributed by atoms with Crippen molar-refractivity contribution in [3.05, 3.63) is 50.3 Å². The summed E-state index contributed by atoms with van der Waals surface area (Å²) in [5.74, 6) is 0. The largest absolute Gasteiger partial charge is 0.329 e. The van der Waals surface area contributed by atoms with Crippen LogP contribution < -0.4 is 0 Å². The second-order valence-electron chi connectivity index (χ2n) is 4.22. The van der Waals surface area contributed by atoms with Crippen LogP contribution in [0.2, 0.25) is 5.02 Å². The SMILES string of the molecule is Cc1cnc2c(c1)[nH]c(=S)n2-c1cccc(Cl)c1Br. The summed E-state index contributed by atoms with van der Waals surface area (Å²) in [6.45, 7) is 2.00. The summed E-state index contributed by atoms with van der Waals surface area (Å²) >= 11 is 15.0. The second-order valence-corrected chi connectivity index (χ2v) is 5.81. The number of aryl methyl sites for hydroxylation is 1. The van der Waals surface area contributed by atoms with Gasteiger partial charge in [0, 0.05) is 6.20 Å². The number of nitrogens with zero attached hydrogens (tertiary/aromatic N) is 2. The predicted octanol–water partition coefficient (Wildman–Crippen LogP) is 4.81. The Morgan fingerprint density at radius 1 is 1.42 bits per heavy atom. The number of aromatic nitrogens is 3. The van der Waals surface area contributed by atoms with Gasteiger partial charge in [0.25, 0.3) is 0 Å². The summed E-state index contributed by atoms with van der Waals surface area (Å²) in [7, 11) is 0. The molecule has 0 aliphatic rings. The van der Waals surface area contributed by atoms with E-state index in [0.717, 1.165) is 26.9 Å². The molecule has 0 aliphatic heterocycles. The number of benzene rings is 1. The maximum absolute atomic E-state index is 6.13. The minimum Gasteiger partial charge on any atom is -0.329 e. The van der Waals surface area contributed by atoms with Gasteiger partial charge in [-0.3, -0.25) is 4.57 Å². The van der Waals surface area contributed by atoms with Gasteiger partial charge in [-0.2, -0.15) is 0 Å². The summed E-state index contributed by atoms with van der Waals surface area (Å²) in [6.07, 6.45) is 1.82. The molecule has 96 valence electrons. The highest BCUT2D eigenvalue weighted by Crippen LogP contribution is 2.30. The van der Waals surface area contributed by atoms with Gasteiger partial charge in [0.2, 0.25) is 0 Å². The molecule has 0 spiro atoms. The number of halogens is 2. The summed E-state index contributed by atoms with van der Waals surface area (Å²) in [4.78, 5) is 7.61. The molecule has 2 heterocycles. The monoisotopic (exact) mass is 353 g/mol. The molecule has 0 bridgehead atoms. The van der Waals surface area contributed by atoms with E-state index in [1.54, 1.807) is 0 Å². The molecule has 3 rings (SSSR count). The average molecular weight is 355 g/mol. The zero-order valence-corrected chi connectivity index (χ0v) is 13.1. The lowest BCUT2D eigenvalue weighted by Gasteiger charge is -2.07. The van der Waals surface area contributed by atoms with Gasteiger partial charge in [-0.05, 0) is 58.8 Å². The zero-order valence-electron chi connectivity index (χ0n) is 9.95. The molecule has 3 nitrogen and oxygen atoms in total. The highest BCUT2D eigenvalue weighted by Gasteiger charge is 2.12. The fourth-order valence-corrected chi connectivity index (χ4v) is 2.89. The Balaban J connectivity index is 2.40. The lowest BCUT2D eigenvalue weighted by Crippen LogP contribution is -1.97. The van der Waals surface area contributed by atoms with Crippen molar-refractivity contribution in [3.63, 3.8) is 0 Å². The van der Waals surface area contributed by atoms with Crippen molar-refractivity contribution in [1.82, 2.24) is 14.5 Å². The summed E-state index contributed by atoms with van der Waals surface area (Å²) in [6, 6.07) is 7.68. The van der Waals surface area contributed by atoms with Crippen molar-refractivity contribution < 1.29 is 0 Å². The Morgan fingerprint density at radius 2 is 2.21 bits per heavy atom. The highest BCUT2D eigenvalue weighted by atomic mass is 79.9. The maximum atomic E-state index is 6.13. The van der Waals surface area contributed by atoms with Gasteiger partial charge in [0.05, 0.1) is 20.7 Å². The molecule has 0 radical (unpaired) electrons. The van der Waals surface area contributed by atoms with Crippen LogP contribution in [0.1, 0.15) is 5.56 Å². The molecule has 0 saturated carbocycles. The zero-order chi connectivity index (χ0) is 13.6. The number of imidazole rings is 1. The Bertz CT molecular complexity index is 838. The summed E-state index contributed by atoms with van der Waals surface area (Å²) in [5.41, 5.74) is 3.66. The first-order chi connectivity index (χ1) is 9.08. The first-order valence-electron chi connectivity index (χ1n) is 5.59. The first-order valence-corrected chi connectivity index (χ1v) is 7.17. The molecule has 0 fully saturated rings. The van der Waals surface area contributed by atoms with E-state index in [9.17, 15) is 0 Å². The van der Waals surface area contributed by atoms with Gasteiger partial charge >= 0.3 is 0 Å².